The van der Waals surface area contributed by atoms with E-state index >= 15 is 0 Å². The summed E-state index contributed by atoms with van der Waals surface area (Å²) in [5.74, 6) is 0.307. The lowest BCUT2D eigenvalue weighted by atomic mass is 9.90. The van der Waals surface area contributed by atoms with E-state index in [4.69, 9.17) is 4.74 Å². The molecular weight excluding hydrogens is 318 g/mol. The molecule has 1 aromatic carbocycles. The Hall–Kier alpha value is -2.02. The summed E-state index contributed by atoms with van der Waals surface area (Å²) in [7, 11) is 0. The summed E-state index contributed by atoms with van der Waals surface area (Å²) in [5, 5.41) is 0. The molecule has 0 spiro atoms. The summed E-state index contributed by atoms with van der Waals surface area (Å²) in [6.07, 6.45) is 0. The van der Waals surface area contributed by atoms with E-state index < -0.39 is 0 Å². The molecule has 0 bridgehead atoms. The highest BCUT2D eigenvalue weighted by Crippen LogP contribution is 2.25. The van der Waals surface area contributed by atoms with E-state index in [9.17, 15) is 9.59 Å². The first-order valence-corrected chi connectivity index (χ1v) is 7.31. The number of hydrogen-bond acceptors (Lipinski definition) is 5. The Balaban J connectivity index is 0.00000156. The second kappa shape index (κ2) is 6.23. The highest BCUT2D eigenvalue weighted by atomic mass is 35.5. The fraction of sp³-hybridized carbons (Fsp3) is 0.312. The molecule has 2 aromatic rings. The van der Waals surface area contributed by atoms with Gasteiger partial charge < -0.3 is 9.72 Å². The molecule has 7 heteroatoms. The molecule has 0 atom stereocenters. The van der Waals surface area contributed by atoms with E-state index in [-0.39, 0.29) is 29.7 Å². The number of carbonyl (C=O) groups is 2. The zero-order chi connectivity index (χ0) is 15.1. The van der Waals surface area contributed by atoms with Gasteiger partial charge in [-0.3, -0.25) is 14.5 Å². The van der Waals surface area contributed by atoms with Crippen molar-refractivity contribution in [3.8, 4) is 0 Å². The van der Waals surface area contributed by atoms with E-state index in [1.807, 2.05) is 0 Å². The quantitative estimate of drug-likeness (QED) is 0.768. The molecule has 1 fully saturated rings. The second-order valence-corrected chi connectivity index (χ2v) is 5.50. The van der Waals surface area contributed by atoms with Crippen molar-refractivity contribution in [1.82, 2.24) is 14.9 Å². The number of halogens is 1. The molecule has 1 saturated heterocycles. The van der Waals surface area contributed by atoms with Gasteiger partial charge in [-0.15, -0.1) is 12.4 Å². The summed E-state index contributed by atoms with van der Waals surface area (Å²) in [6, 6.07) is 6.88. The van der Waals surface area contributed by atoms with Crippen molar-refractivity contribution in [1.29, 1.82) is 0 Å². The number of morpholine rings is 1. The summed E-state index contributed by atoms with van der Waals surface area (Å²) >= 11 is 0. The van der Waals surface area contributed by atoms with Crippen molar-refractivity contribution in [3.05, 3.63) is 52.6 Å². The Morgan fingerprint density at radius 3 is 2.43 bits per heavy atom. The average Bonchev–Trinajstić information content (AvgIpc) is 2.98. The minimum Gasteiger partial charge on any atom is -0.379 e. The Kier molecular flexibility index (Phi) is 4.30. The monoisotopic (exact) mass is 333 g/mol. The number of H-pyrrole nitrogens is 1. The third-order valence-corrected chi connectivity index (χ3v) is 4.09. The van der Waals surface area contributed by atoms with Crippen molar-refractivity contribution in [2.45, 2.75) is 6.54 Å². The molecule has 23 heavy (non-hydrogen) atoms. The largest absolute Gasteiger partial charge is 0.379 e. The fourth-order valence-electron chi connectivity index (χ4n) is 2.94. The molecular formula is C16H16ClN3O3. The third-order valence-electron chi connectivity index (χ3n) is 4.09. The van der Waals surface area contributed by atoms with Crippen LogP contribution in [0.25, 0.3) is 0 Å². The predicted octanol–water partition coefficient (Wildman–Crippen LogP) is 1.44. The molecule has 1 aliphatic heterocycles. The van der Waals surface area contributed by atoms with Crippen LogP contribution < -0.4 is 0 Å². The van der Waals surface area contributed by atoms with Crippen LogP contribution in [-0.2, 0) is 11.3 Å². The Morgan fingerprint density at radius 2 is 1.74 bits per heavy atom. The van der Waals surface area contributed by atoms with E-state index in [1.54, 1.807) is 24.3 Å². The minimum absolute atomic E-state index is 0. The molecule has 4 rings (SSSR count). The molecule has 6 nitrogen and oxygen atoms in total. The van der Waals surface area contributed by atoms with Gasteiger partial charge in [-0.05, 0) is 0 Å². The standard InChI is InChI=1S/C16H15N3O3.ClH/c20-15-10-3-1-2-4-11(10)16(21)14-13(15)17-12(18-14)9-19-5-7-22-8-6-19;/h1-4H,5-9H2,(H,17,18);1H. The molecule has 1 aliphatic carbocycles. The Bertz CT molecular complexity index is 713. The molecule has 0 radical (unpaired) electrons. The molecule has 2 aliphatic rings. The lowest BCUT2D eigenvalue weighted by Gasteiger charge is -2.25. The summed E-state index contributed by atoms with van der Waals surface area (Å²) in [4.78, 5) is 34.6. The number of carbonyl (C=O) groups excluding carboxylic acids is 2. The number of aromatic amines is 1. The summed E-state index contributed by atoms with van der Waals surface area (Å²) < 4.78 is 5.31. The van der Waals surface area contributed by atoms with Crippen molar-refractivity contribution < 1.29 is 14.3 Å². The number of ether oxygens (including phenoxy) is 1. The number of fused-ring (bicyclic) bond motifs is 2. The summed E-state index contributed by atoms with van der Waals surface area (Å²) in [5.41, 5.74) is 1.44. The lowest BCUT2D eigenvalue weighted by molar-refractivity contribution is 0.0331. The van der Waals surface area contributed by atoms with Gasteiger partial charge in [-0.25, -0.2) is 4.98 Å². The highest BCUT2D eigenvalue weighted by molar-refractivity contribution is 6.27. The maximum absolute atomic E-state index is 12.5. The van der Waals surface area contributed by atoms with Crippen molar-refractivity contribution in [2.75, 3.05) is 26.3 Å². The van der Waals surface area contributed by atoms with Gasteiger partial charge in [-0.2, -0.15) is 0 Å². The molecule has 0 saturated carbocycles. The van der Waals surface area contributed by atoms with Crippen LogP contribution in [-0.4, -0.2) is 52.7 Å². The van der Waals surface area contributed by atoms with Crippen LogP contribution in [0.2, 0.25) is 0 Å². The number of ketones is 2. The van der Waals surface area contributed by atoms with E-state index in [2.05, 4.69) is 14.9 Å². The number of hydrogen-bond donors (Lipinski definition) is 1. The maximum atomic E-state index is 12.5. The zero-order valence-electron chi connectivity index (χ0n) is 12.4. The molecule has 0 unspecified atom stereocenters. The third kappa shape index (κ3) is 2.69. The van der Waals surface area contributed by atoms with Gasteiger partial charge >= 0.3 is 0 Å². The van der Waals surface area contributed by atoms with Crippen LogP contribution >= 0.6 is 12.4 Å². The SMILES string of the molecule is Cl.O=C1c2ccccc2C(=O)c2[nH]c(CN3CCOCC3)nc21. The average molecular weight is 334 g/mol. The Morgan fingerprint density at radius 1 is 1.09 bits per heavy atom. The van der Waals surface area contributed by atoms with Crippen LogP contribution in [0.5, 0.6) is 0 Å². The van der Waals surface area contributed by atoms with E-state index in [0.717, 1.165) is 13.1 Å². The van der Waals surface area contributed by atoms with Crippen LogP contribution in [0, 0.1) is 0 Å². The highest BCUT2D eigenvalue weighted by Gasteiger charge is 2.33. The maximum Gasteiger partial charge on any atom is 0.214 e. The predicted molar refractivity (Wildman–Crippen MR) is 85.2 cm³/mol. The van der Waals surface area contributed by atoms with Gasteiger partial charge in [0.1, 0.15) is 17.2 Å². The van der Waals surface area contributed by atoms with Gasteiger partial charge in [0, 0.05) is 24.2 Å². The second-order valence-electron chi connectivity index (χ2n) is 5.50. The Labute approximate surface area is 139 Å². The van der Waals surface area contributed by atoms with Crippen molar-refractivity contribution >= 4 is 24.0 Å². The normalized spacial score (nSPS) is 17.4. The number of aromatic nitrogens is 2. The molecule has 0 amide bonds. The molecule has 1 N–H and O–H groups in total. The molecule has 2 heterocycles. The van der Waals surface area contributed by atoms with Gasteiger partial charge in [0.15, 0.2) is 0 Å². The number of benzene rings is 1. The van der Waals surface area contributed by atoms with E-state index in [1.165, 1.54) is 0 Å². The molecule has 1 aromatic heterocycles. The number of imidazole rings is 1. The molecule has 120 valence electrons. The first kappa shape index (κ1) is 15.9. The summed E-state index contributed by atoms with van der Waals surface area (Å²) in [6.45, 7) is 3.64. The van der Waals surface area contributed by atoms with Crippen LogP contribution in [0.15, 0.2) is 24.3 Å². The smallest absolute Gasteiger partial charge is 0.214 e. The lowest BCUT2D eigenvalue weighted by Crippen LogP contribution is -2.35. The number of rotatable bonds is 2. The van der Waals surface area contributed by atoms with Gasteiger partial charge in [-0.1, -0.05) is 24.3 Å². The first-order chi connectivity index (χ1) is 10.7. The fourth-order valence-corrected chi connectivity index (χ4v) is 2.94. The number of nitrogens with one attached hydrogen (secondary N) is 1. The van der Waals surface area contributed by atoms with Gasteiger partial charge in [0.25, 0.3) is 0 Å². The van der Waals surface area contributed by atoms with Crippen LogP contribution in [0.4, 0.5) is 0 Å². The van der Waals surface area contributed by atoms with E-state index in [0.29, 0.717) is 42.4 Å². The van der Waals surface area contributed by atoms with Gasteiger partial charge in [0.2, 0.25) is 11.6 Å². The van der Waals surface area contributed by atoms with Crippen LogP contribution in [0.3, 0.4) is 0 Å². The topological polar surface area (TPSA) is 75.3 Å². The zero-order valence-corrected chi connectivity index (χ0v) is 13.2. The minimum atomic E-state index is -0.185. The van der Waals surface area contributed by atoms with Crippen LogP contribution in [0.1, 0.15) is 37.9 Å². The van der Waals surface area contributed by atoms with Crippen molar-refractivity contribution in [2.24, 2.45) is 0 Å². The first-order valence-electron chi connectivity index (χ1n) is 7.31. The van der Waals surface area contributed by atoms with Gasteiger partial charge in [0.05, 0.1) is 19.8 Å². The number of nitrogens with zero attached hydrogens (tertiary/aromatic N) is 2. The van der Waals surface area contributed by atoms with Crippen molar-refractivity contribution in [3.63, 3.8) is 0 Å².